The molecular weight excluding hydrogens is 468 g/mol. The molecule has 3 fully saturated rings. The molecular formula is C25H34N4O7. The van der Waals surface area contributed by atoms with Crippen molar-refractivity contribution in [3.05, 3.63) is 35.9 Å². The van der Waals surface area contributed by atoms with Crippen LogP contribution in [0, 0.1) is 0 Å². The van der Waals surface area contributed by atoms with E-state index in [4.69, 9.17) is 14.2 Å². The smallest absolute Gasteiger partial charge is 0.410 e. The molecule has 0 bridgehead atoms. The normalized spacial score (nSPS) is 24.0. The number of hydrogen-bond acceptors (Lipinski definition) is 7. The standard InChI is InChI=1S/C25H34N4O7/c1-25(2,3)36-23(32)26-10-11-27-19(13-26)15-28(22(27)31)18-12-20(21(30)34-4)29(14-18)24(33)35-16-17-8-6-5-7-9-17/h5-9,18-20H,10-16H2,1-4H3/t18-,19-,20-/m0/s1. The van der Waals surface area contributed by atoms with E-state index in [1.807, 2.05) is 51.1 Å². The van der Waals surface area contributed by atoms with Crippen molar-refractivity contribution in [2.75, 3.05) is 39.8 Å². The zero-order chi connectivity index (χ0) is 26.0. The summed E-state index contributed by atoms with van der Waals surface area (Å²) in [5, 5.41) is 0. The molecule has 0 saturated carbocycles. The lowest BCUT2D eigenvalue weighted by atomic mass is 10.1. The Bertz CT molecular complexity index is 996. The molecule has 3 aliphatic rings. The summed E-state index contributed by atoms with van der Waals surface area (Å²) in [5.74, 6) is -0.547. The third kappa shape index (κ3) is 5.50. The Labute approximate surface area is 210 Å². The number of fused-ring (bicyclic) bond motifs is 1. The Kier molecular flexibility index (Phi) is 7.28. The first-order chi connectivity index (χ1) is 17.1. The summed E-state index contributed by atoms with van der Waals surface area (Å²) < 4.78 is 15.9. The lowest BCUT2D eigenvalue weighted by Crippen LogP contribution is -2.54. The monoisotopic (exact) mass is 502 g/mol. The van der Waals surface area contributed by atoms with Gasteiger partial charge in [0.1, 0.15) is 18.2 Å². The minimum absolute atomic E-state index is 0.0771. The molecule has 0 aliphatic carbocycles. The fraction of sp³-hybridized carbons (Fsp3) is 0.600. The van der Waals surface area contributed by atoms with E-state index >= 15 is 0 Å². The van der Waals surface area contributed by atoms with Crippen LogP contribution in [-0.4, -0.2) is 107 Å². The van der Waals surface area contributed by atoms with E-state index in [1.165, 1.54) is 12.0 Å². The topological polar surface area (TPSA) is 109 Å². The van der Waals surface area contributed by atoms with Crippen molar-refractivity contribution in [3.63, 3.8) is 0 Å². The number of piperazine rings is 1. The molecule has 0 N–H and O–H groups in total. The van der Waals surface area contributed by atoms with Crippen LogP contribution in [0.25, 0.3) is 0 Å². The predicted molar refractivity (Wildman–Crippen MR) is 128 cm³/mol. The molecule has 0 aromatic heterocycles. The second-order valence-corrected chi connectivity index (χ2v) is 10.3. The van der Waals surface area contributed by atoms with Gasteiger partial charge in [-0.3, -0.25) is 4.90 Å². The van der Waals surface area contributed by atoms with Crippen molar-refractivity contribution >= 4 is 24.2 Å². The van der Waals surface area contributed by atoms with Gasteiger partial charge in [-0.05, 0) is 26.3 Å². The summed E-state index contributed by atoms with van der Waals surface area (Å²) in [6.45, 7) is 7.23. The molecule has 0 spiro atoms. The number of benzene rings is 1. The molecule has 36 heavy (non-hydrogen) atoms. The van der Waals surface area contributed by atoms with E-state index in [1.54, 1.807) is 14.7 Å². The molecule has 1 aromatic carbocycles. The molecule has 3 heterocycles. The summed E-state index contributed by atoms with van der Waals surface area (Å²) in [4.78, 5) is 57.6. The molecule has 3 atom stereocenters. The minimum Gasteiger partial charge on any atom is -0.467 e. The van der Waals surface area contributed by atoms with Gasteiger partial charge >= 0.3 is 24.2 Å². The van der Waals surface area contributed by atoms with Crippen molar-refractivity contribution in [2.45, 2.75) is 57.5 Å². The molecule has 4 amide bonds. The number of amides is 4. The fourth-order valence-electron chi connectivity index (χ4n) is 4.93. The number of nitrogens with zero attached hydrogens (tertiary/aromatic N) is 4. The quantitative estimate of drug-likeness (QED) is 0.459. The number of esters is 1. The van der Waals surface area contributed by atoms with Crippen molar-refractivity contribution in [3.8, 4) is 0 Å². The van der Waals surface area contributed by atoms with Gasteiger partial charge < -0.3 is 28.9 Å². The zero-order valence-electron chi connectivity index (χ0n) is 21.2. The van der Waals surface area contributed by atoms with Crippen molar-refractivity contribution in [1.82, 2.24) is 19.6 Å². The summed E-state index contributed by atoms with van der Waals surface area (Å²) >= 11 is 0. The van der Waals surface area contributed by atoms with Gasteiger partial charge in [-0.25, -0.2) is 19.2 Å². The average molecular weight is 503 g/mol. The van der Waals surface area contributed by atoms with Crippen molar-refractivity contribution in [1.29, 1.82) is 0 Å². The van der Waals surface area contributed by atoms with E-state index in [0.29, 0.717) is 26.2 Å². The SMILES string of the molecule is COC(=O)[C@@H]1C[C@H](N2C[C@@H]3CN(C(=O)OC(C)(C)C)CCN3C2=O)CN1C(=O)OCc1ccccc1. The molecule has 196 valence electrons. The maximum Gasteiger partial charge on any atom is 0.410 e. The highest BCUT2D eigenvalue weighted by molar-refractivity contribution is 5.83. The zero-order valence-corrected chi connectivity index (χ0v) is 21.2. The van der Waals surface area contributed by atoms with Gasteiger partial charge in [0.25, 0.3) is 0 Å². The largest absolute Gasteiger partial charge is 0.467 e. The van der Waals surface area contributed by atoms with Gasteiger partial charge in [-0.1, -0.05) is 30.3 Å². The van der Waals surface area contributed by atoms with Crippen LogP contribution in [0.4, 0.5) is 14.4 Å². The third-order valence-electron chi connectivity index (χ3n) is 6.67. The van der Waals surface area contributed by atoms with Gasteiger partial charge in [-0.15, -0.1) is 0 Å². The highest BCUT2D eigenvalue weighted by Crippen LogP contribution is 2.30. The lowest BCUT2D eigenvalue weighted by molar-refractivity contribution is -0.145. The third-order valence-corrected chi connectivity index (χ3v) is 6.67. The summed E-state index contributed by atoms with van der Waals surface area (Å²) in [6.07, 6.45) is -0.765. The van der Waals surface area contributed by atoms with E-state index in [2.05, 4.69) is 0 Å². The van der Waals surface area contributed by atoms with Crippen LogP contribution in [0.2, 0.25) is 0 Å². The summed E-state index contributed by atoms with van der Waals surface area (Å²) in [6, 6.07) is 7.71. The van der Waals surface area contributed by atoms with E-state index in [0.717, 1.165) is 5.56 Å². The van der Waals surface area contributed by atoms with E-state index in [9.17, 15) is 19.2 Å². The van der Waals surface area contributed by atoms with Crippen LogP contribution in [-0.2, 0) is 25.6 Å². The van der Waals surface area contributed by atoms with E-state index in [-0.39, 0.29) is 37.7 Å². The van der Waals surface area contributed by atoms with Gasteiger partial charge in [-0.2, -0.15) is 0 Å². The molecule has 0 radical (unpaired) electrons. The second-order valence-electron chi connectivity index (χ2n) is 10.3. The Balaban J connectivity index is 1.41. The van der Waals surface area contributed by atoms with Gasteiger partial charge in [0.2, 0.25) is 0 Å². The minimum atomic E-state index is -0.841. The molecule has 3 aliphatic heterocycles. The molecule has 0 unspecified atom stereocenters. The Morgan fingerprint density at radius 3 is 2.33 bits per heavy atom. The first-order valence-corrected chi connectivity index (χ1v) is 12.2. The van der Waals surface area contributed by atoms with Gasteiger partial charge in [0.15, 0.2) is 0 Å². The molecule has 4 rings (SSSR count). The Hall–Kier alpha value is -3.50. The summed E-state index contributed by atoms with van der Waals surface area (Å²) in [7, 11) is 1.27. The van der Waals surface area contributed by atoms with Gasteiger partial charge in [0.05, 0.1) is 19.2 Å². The number of carbonyl (C=O) groups is 4. The van der Waals surface area contributed by atoms with Crippen LogP contribution >= 0.6 is 0 Å². The number of likely N-dealkylation sites (tertiary alicyclic amines) is 1. The average Bonchev–Trinajstić information content (AvgIpc) is 3.43. The number of ether oxygens (including phenoxy) is 3. The molecule has 11 heteroatoms. The molecule has 1 aromatic rings. The maximum absolute atomic E-state index is 13.2. The molecule has 11 nitrogen and oxygen atoms in total. The van der Waals surface area contributed by atoms with Crippen molar-refractivity contribution < 1.29 is 33.4 Å². The van der Waals surface area contributed by atoms with Crippen LogP contribution in [0.3, 0.4) is 0 Å². The predicted octanol–water partition coefficient (Wildman–Crippen LogP) is 2.30. The highest BCUT2D eigenvalue weighted by atomic mass is 16.6. The first-order valence-electron chi connectivity index (χ1n) is 12.2. The highest BCUT2D eigenvalue weighted by Gasteiger charge is 2.50. The number of urea groups is 1. The van der Waals surface area contributed by atoms with Gasteiger partial charge in [0, 0.05) is 39.1 Å². The lowest BCUT2D eigenvalue weighted by Gasteiger charge is -2.37. The number of methoxy groups -OCH3 is 1. The van der Waals surface area contributed by atoms with E-state index < -0.39 is 29.8 Å². The summed E-state index contributed by atoms with van der Waals surface area (Å²) in [5.41, 5.74) is 0.231. The van der Waals surface area contributed by atoms with Crippen LogP contribution in [0.1, 0.15) is 32.8 Å². The van der Waals surface area contributed by atoms with Crippen LogP contribution in [0.5, 0.6) is 0 Å². The van der Waals surface area contributed by atoms with Crippen molar-refractivity contribution in [2.24, 2.45) is 0 Å². The second kappa shape index (κ2) is 10.2. The maximum atomic E-state index is 13.2. The van der Waals surface area contributed by atoms with Crippen LogP contribution < -0.4 is 0 Å². The first kappa shape index (κ1) is 25.6. The number of hydrogen-bond donors (Lipinski definition) is 0. The Morgan fingerprint density at radius 2 is 1.67 bits per heavy atom. The number of rotatable bonds is 4. The Morgan fingerprint density at radius 1 is 0.944 bits per heavy atom. The molecule has 3 saturated heterocycles. The fourth-order valence-corrected chi connectivity index (χ4v) is 4.93. The number of carbonyl (C=O) groups excluding carboxylic acids is 4. The van der Waals surface area contributed by atoms with Crippen LogP contribution in [0.15, 0.2) is 30.3 Å².